The highest BCUT2D eigenvalue weighted by Gasteiger charge is 2.23. The molecule has 1 amide bonds. The van der Waals surface area contributed by atoms with Gasteiger partial charge in [0.2, 0.25) is 0 Å². The van der Waals surface area contributed by atoms with E-state index in [1.165, 1.54) is 0 Å². The number of rotatable bonds is 7. The Morgan fingerprint density at radius 2 is 1.76 bits per heavy atom. The number of likely N-dealkylation sites (tertiary alicyclic amines) is 1. The van der Waals surface area contributed by atoms with Crippen molar-refractivity contribution < 1.29 is 14.3 Å². The van der Waals surface area contributed by atoms with Gasteiger partial charge >= 0.3 is 0 Å². The summed E-state index contributed by atoms with van der Waals surface area (Å²) in [4.78, 5) is 14.6. The maximum Gasteiger partial charge on any atom is 0.253 e. The van der Waals surface area contributed by atoms with Crippen molar-refractivity contribution in [1.82, 2.24) is 9.47 Å². The molecule has 2 heterocycles. The van der Waals surface area contributed by atoms with Gasteiger partial charge in [0.1, 0.15) is 0 Å². The summed E-state index contributed by atoms with van der Waals surface area (Å²) in [5, 5.41) is 0. The number of hydrogen-bond acceptors (Lipinski definition) is 3. The summed E-state index contributed by atoms with van der Waals surface area (Å²) in [7, 11) is 1.68. The van der Waals surface area contributed by atoms with Crippen molar-refractivity contribution in [1.29, 1.82) is 0 Å². The Morgan fingerprint density at radius 3 is 2.40 bits per heavy atom. The number of aromatic nitrogens is 1. The first kappa shape index (κ1) is 17.7. The third-order valence-corrected chi connectivity index (χ3v) is 4.70. The van der Waals surface area contributed by atoms with Gasteiger partial charge in [-0.2, -0.15) is 0 Å². The molecule has 0 spiro atoms. The molecule has 1 aromatic heterocycles. The molecule has 2 aromatic rings. The third kappa shape index (κ3) is 4.71. The average Bonchev–Trinajstić information content (AvgIpc) is 3.20. The van der Waals surface area contributed by atoms with Gasteiger partial charge in [0, 0.05) is 50.5 Å². The molecule has 1 saturated heterocycles. The van der Waals surface area contributed by atoms with Crippen LogP contribution in [0.25, 0.3) is 5.69 Å². The van der Waals surface area contributed by atoms with Gasteiger partial charge in [-0.25, -0.2) is 0 Å². The standard InChI is InChI=1S/C20H26N2O3/c1-24-14-15-25-16-17-8-12-22(13-9-17)20(23)18-4-6-19(7-5-18)21-10-2-3-11-21/h2-7,10-11,17H,8-9,12-16H2,1H3. The molecule has 0 N–H and O–H groups in total. The van der Waals surface area contributed by atoms with Crippen molar-refractivity contribution >= 4 is 5.91 Å². The SMILES string of the molecule is COCCOCC1CCN(C(=O)c2ccc(-n3cccc3)cc2)CC1. The normalized spacial score (nSPS) is 15.5. The predicted molar refractivity (Wildman–Crippen MR) is 97.1 cm³/mol. The molecule has 0 saturated carbocycles. The van der Waals surface area contributed by atoms with Gasteiger partial charge in [0.25, 0.3) is 5.91 Å². The van der Waals surface area contributed by atoms with Crippen LogP contribution in [0.1, 0.15) is 23.2 Å². The Kier molecular flexibility index (Phi) is 6.25. The number of methoxy groups -OCH3 is 1. The third-order valence-electron chi connectivity index (χ3n) is 4.70. The van der Waals surface area contributed by atoms with E-state index in [0.29, 0.717) is 19.1 Å². The smallest absolute Gasteiger partial charge is 0.253 e. The quantitative estimate of drug-likeness (QED) is 0.727. The Balaban J connectivity index is 1.49. The average molecular weight is 342 g/mol. The van der Waals surface area contributed by atoms with Crippen molar-refractivity contribution in [2.24, 2.45) is 5.92 Å². The molecule has 5 heteroatoms. The van der Waals surface area contributed by atoms with Crippen LogP contribution in [0.3, 0.4) is 0 Å². The highest BCUT2D eigenvalue weighted by Crippen LogP contribution is 2.20. The molecule has 134 valence electrons. The zero-order valence-electron chi connectivity index (χ0n) is 14.8. The first-order chi connectivity index (χ1) is 12.3. The summed E-state index contributed by atoms with van der Waals surface area (Å²) >= 11 is 0. The molecule has 1 aliphatic heterocycles. The molecule has 3 rings (SSSR count). The monoisotopic (exact) mass is 342 g/mol. The lowest BCUT2D eigenvalue weighted by Crippen LogP contribution is -2.39. The first-order valence-electron chi connectivity index (χ1n) is 8.87. The van der Waals surface area contributed by atoms with Crippen LogP contribution in [0.2, 0.25) is 0 Å². The van der Waals surface area contributed by atoms with Crippen LogP contribution in [-0.2, 0) is 9.47 Å². The van der Waals surface area contributed by atoms with Crippen molar-refractivity contribution in [3.8, 4) is 5.69 Å². The molecule has 5 nitrogen and oxygen atoms in total. The van der Waals surface area contributed by atoms with Crippen LogP contribution in [-0.4, -0.2) is 55.4 Å². The van der Waals surface area contributed by atoms with Crippen LogP contribution in [0.15, 0.2) is 48.8 Å². The van der Waals surface area contributed by atoms with Crippen LogP contribution in [0.5, 0.6) is 0 Å². The number of benzene rings is 1. The second kappa shape index (κ2) is 8.83. The minimum atomic E-state index is 0.123. The molecule has 1 fully saturated rings. The molecule has 1 aliphatic rings. The number of nitrogens with zero attached hydrogens (tertiary/aromatic N) is 2. The van der Waals surface area contributed by atoms with Crippen molar-refractivity contribution in [3.05, 3.63) is 54.4 Å². The molecule has 0 radical (unpaired) electrons. The van der Waals surface area contributed by atoms with Crippen LogP contribution in [0, 0.1) is 5.92 Å². The number of hydrogen-bond donors (Lipinski definition) is 0. The lowest BCUT2D eigenvalue weighted by Gasteiger charge is -2.32. The van der Waals surface area contributed by atoms with E-state index in [4.69, 9.17) is 9.47 Å². The zero-order valence-corrected chi connectivity index (χ0v) is 14.8. The van der Waals surface area contributed by atoms with Gasteiger partial charge in [-0.05, 0) is 55.2 Å². The fourth-order valence-corrected chi connectivity index (χ4v) is 3.16. The summed E-state index contributed by atoms with van der Waals surface area (Å²) in [6.45, 7) is 3.64. The number of ether oxygens (including phenoxy) is 2. The van der Waals surface area contributed by atoms with Crippen molar-refractivity contribution in [3.63, 3.8) is 0 Å². The number of piperidine rings is 1. The van der Waals surface area contributed by atoms with Gasteiger partial charge in [-0.1, -0.05) is 0 Å². The minimum absolute atomic E-state index is 0.123. The molecule has 0 atom stereocenters. The maximum atomic E-state index is 12.7. The van der Waals surface area contributed by atoms with E-state index in [0.717, 1.165) is 43.8 Å². The van der Waals surface area contributed by atoms with Crippen LogP contribution in [0.4, 0.5) is 0 Å². The van der Waals surface area contributed by atoms with Gasteiger partial charge in [0.05, 0.1) is 13.2 Å². The van der Waals surface area contributed by atoms with Gasteiger partial charge in [0.15, 0.2) is 0 Å². The van der Waals surface area contributed by atoms with E-state index in [-0.39, 0.29) is 5.91 Å². The molecule has 25 heavy (non-hydrogen) atoms. The topological polar surface area (TPSA) is 43.7 Å². The van der Waals surface area contributed by atoms with E-state index in [1.54, 1.807) is 7.11 Å². The molecule has 0 bridgehead atoms. The van der Waals surface area contributed by atoms with Gasteiger partial charge < -0.3 is 18.9 Å². The largest absolute Gasteiger partial charge is 0.382 e. The summed E-state index contributed by atoms with van der Waals surface area (Å²) in [5.41, 5.74) is 1.82. The fourth-order valence-electron chi connectivity index (χ4n) is 3.16. The first-order valence-corrected chi connectivity index (χ1v) is 8.87. The Bertz CT molecular complexity index is 644. The predicted octanol–water partition coefficient (Wildman–Crippen LogP) is 2.99. The summed E-state index contributed by atoms with van der Waals surface area (Å²) < 4.78 is 12.6. The second-order valence-corrected chi connectivity index (χ2v) is 6.44. The zero-order chi connectivity index (χ0) is 17.5. The van der Waals surface area contributed by atoms with E-state index < -0.39 is 0 Å². The maximum absolute atomic E-state index is 12.7. The van der Waals surface area contributed by atoms with Gasteiger partial charge in [-0.15, -0.1) is 0 Å². The second-order valence-electron chi connectivity index (χ2n) is 6.44. The van der Waals surface area contributed by atoms with Crippen LogP contribution >= 0.6 is 0 Å². The lowest BCUT2D eigenvalue weighted by atomic mass is 9.97. The van der Waals surface area contributed by atoms with Gasteiger partial charge in [-0.3, -0.25) is 4.79 Å². The lowest BCUT2D eigenvalue weighted by molar-refractivity contribution is 0.0327. The Morgan fingerprint density at radius 1 is 1.08 bits per heavy atom. The Labute approximate surface area is 149 Å². The number of carbonyl (C=O) groups is 1. The molecular formula is C20H26N2O3. The van der Waals surface area contributed by atoms with Crippen molar-refractivity contribution in [2.45, 2.75) is 12.8 Å². The number of carbonyl (C=O) groups excluding carboxylic acids is 1. The highest BCUT2D eigenvalue weighted by molar-refractivity contribution is 5.94. The Hall–Kier alpha value is -2.11. The van der Waals surface area contributed by atoms with E-state index in [9.17, 15) is 4.79 Å². The number of amides is 1. The van der Waals surface area contributed by atoms with E-state index >= 15 is 0 Å². The summed E-state index contributed by atoms with van der Waals surface area (Å²) in [6, 6.07) is 11.8. The van der Waals surface area contributed by atoms with E-state index in [2.05, 4.69) is 0 Å². The minimum Gasteiger partial charge on any atom is -0.382 e. The fraction of sp³-hybridized carbons (Fsp3) is 0.450. The molecule has 1 aromatic carbocycles. The molecule has 0 unspecified atom stereocenters. The van der Waals surface area contributed by atoms with E-state index in [1.807, 2.05) is 58.3 Å². The summed E-state index contributed by atoms with van der Waals surface area (Å²) in [5.74, 6) is 0.662. The van der Waals surface area contributed by atoms with Crippen LogP contribution < -0.4 is 0 Å². The highest BCUT2D eigenvalue weighted by atomic mass is 16.5. The van der Waals surface area contributed by atoms with Crippen molar-refractivity contribution in [2.75, 3.05) is 40.0 Å². The molecule has 0 aliphatic carbocycles. The summed E-state index contributed by atoms with van der Waals surface area (Å²) in [6.07, 6.45) is 5.99. The molecular weight excluding hydrogens is 316 g/mol.